The topological polar surface area (TPSA) is 74.5 Å². The molecule has 0 saturated carbocycles. The molecule has 4 rings (SSSR count). The van der Waals surface area contributed by atoms with Gasteiger partial charge in [0.15, 0.2) is 5.82 Å². The fourth-order valence-corrected chi connectivity index (χ4v) is 4.67. The summed E-state index contributed by atoms with van der Waals surface area (Å²) in [6.07, 6.45) is -4.39. The van der Waals surface area contributed by atoms with E-state index >= 15 is 0 Å². The van der Waals surface area contributed by atoms with Crippen LogP contribution in [0, 0.1) is 0 Å². The Morgan fingerprint density at radius 2 is 1.82 bits per heavy atom. The van der Waals surface area contributed by atoms with Gasteiger partial charge in [-0.1, -0.05) is 23.7 Å². The molecule has 0 spiro atoms. The largest absolute Gasteiger partial charge is 0.416 e. The van der Waals surface area contributed by atoms with E-state index < -0.39 is 17.4 Å². The summed E-state index contributed by atoms with van der Waals surface area (Å²) >= 11 is 6.12. The number of aliphatic hydroxyl groups is 1. The number of halogens is 4. The van der Waals surface area contributed by atoms with Crippen LogP contribution >= 0.6 is 11.6 Å². The first-order chi connectivity index (χ1) is 16.0. The molecule has 7 nitrogen and oxygen atoms in total. The molecule has 1 unspecified atom stereocenters. The summed E-state index contributed by atoms with van der Waals surface area (Å²) in [6, 6.07) is 7.73. The molecule has 1 aliphatic rings. The third-order valence-electron chi connectivity index (χ3n) is 6.49. The molecule has 11 heteroatoms. The number of anilines is 1. The first-order valence-corrected chi connectivity index (χ1v) is 11.2. The van der Waals surface area contributed by atoms with Crippen molar-refractivity contribution in [2.24, 2.45) is 7.05 Å². The third kappa shape index (κ3) is 4.49. The van der Waals surface area contributed by atoms with E-state index in [1.54, 1.807) is 19.2 Å². The third-order valence-corrected chi connectivity index (χ3v) is 6.70. The number of benzene rings is 1. The lowest BCUT2D eigenvalue weighted by Crippen LogP contribution is -2.59. The first kappa shape index (κ1) is 24.4. The van der Waals surface area contributed by atoms with Crippen LogP contribution in [0.4, 0.5) is 19.0 Å². The molecule has 3 aromatic rings. The second kappa shape index (κ2) is 9.16. The van der Waals surface area contributed by atoms with Crippen molar-refractivity contribution < 1.29 is 18.3 Å². The quantitative estimate of drug-likeness (QED) is 0.557. The van der Waals surface area contributed by atoms with Crippen molar-refractivity contribution in [2.45, 2.75) is 38.1 Å². The molecule has 1 N–H and O–H groups in total. The van der Waals surface area contributed by atoms with E-state index in [0.717, 1.165) is 17.7 Å². The SMILES string of the molecule is CC(c1ccc(C(F)(F)F)cc1)N1C[C@H](C)N(c2nc(=O)n(C)c3ccc(Cl)nc23)C[C@H]1CO. The van der Waals surface area contributed by atoms with Gasteiger partial charge in [0, 0.05) is 32.2 Å². The summed E-state index contributed by atoms with van der Waals surface area (Å²) in [4.78, 5) is 25.2. The van der Waals surface area contributed by atoms with E-state index in [9.17, 15) is 23.1 Å². The zero-order valence-corrected chi connectivity index (χ0v) is 19.7. The van der Waals surface area contributed by atoms with Crippen LogP contribution in [0.3, 0.4) is 0 Å². The van der Waals surface area contributed by atoms with Crippen LogP contribution < -0.4 is 10.6 Å². The summed E-state index contributed by atoms with van der Waals surface area (Å²) < 4.78 is 40.2. The minimum Gasteiger partial charge on any atom is -0.395 e. The van der Waals surface area contributed by atoms with E-state index in [-0.39, 0.29) is 29.9 Å². The number of alkyl halides is 3. The highest BCUT2D eigenvalue weighted by Gasteiger charge is 2.36. The molecule has 1 fully saturated rings. The number of nitrogens with zero attached hydrogens (tertiary/aromatic N) is 5. The maximum Gasteiger partial charge on any atom is 0.416 e. The lowest BCUT2D eigenvalue weighted by atomic mass is 9.99. The van der Waals surface area contributed by atoms with Crippen LogP contribution in [0.25, 0.3) is 11.0 Å². The Kier molecular flexibility index (Phi) is 6.58. The number of fused-ring (bicyclic) bond motifs is 1. The molecule has 182 valence electrons. The second-order valence-corrected chi connectivity index (χ2v) is 9.00. The normalized spacial score (nSPS) is 20.6. The maximum absolute atomic E-state index is 12.9. The van der Waals surface area contributed by atoms with Gasteiger partial charge in [-0.15, -0.1) is 0 Å². The maximum atomic E-state index is 12.9. The van der Waals surface area contributed by atoms with Gasteiger partial charge in [-0.25, -0.2) is 9.78 Å². The Hall–Kier alpha value is -2.69. The highest BCUT2D eigenvalue weighted by atomic mass is 35.5. The summed E-state index contributed by atoms with van der Waals surface area (Å²) in [7, 11) is 1.61. The average molecular weight is 496 g/mol. The number of piperazine rings is 1. The highest BCUT2D eigenvalue weighted by molar-refractivity contribution is 6.29. The Labute approximate surface area is 199 Å². The van der Waals surface area contributed by atoms with E-state index in [1.807, 2.05) is 18.7 Å². The molecule has 2 aromatic heterocycles. The van der Waals surface area contributed by atoms with E-state index in [2.05, 4.69) is 14.9 Å². The van der Waals surface area contributed by atoms with Gasteiger partial charge < -0.3 is 10.0 Å². The second-order valence-electron chi connectivity index (χ2n) is 8.61. The van der Waals surface area contributed by atoms with Crippen LogP contribution in [0.1, 0.15) is 31.0 Å². The van der Waals surface area contributed by atoms with Gasteiger partial charge in [-0.2, -0.15) is 18.2 Å². The summed E-state index contributed by atoms with van der Waals surface area (Å²) in [5.74, 6) is 0.397. The molecule has 1 aromatic carbocycles. The van der Waals surface area contributed by atoms with Gasteiger partial charge >= 0.3 is 11.9 Å². The monoisotopic (exact) mass is 495 g/mol. The van der Waals surface area contributed by atoms with Crippen LogP contribution in [0.2, 0.25) is 5.15 Å². The molecule has 0 amide bonds. The molecule has 34 heavy (non-hydrogen) atoms. The lowest BCUT2D eigenvalue weighted by molar-refractivity contribution is -0.137. The molecule has 0 aliphatic carbocycles. The lowest BCUT2D eigenvalue weighted by Gasteiger charge is -2.47. The summed E-state index contributed by atoms with van der Waals surface area (Å²) in [5, 5.41) is 10.4. The molecule has 3 atom stereocenters. The summed E-state index contributed by atoms with van der Waals surface area (Å²) in [6.45, 7) is 4.54. The van der Waals surface area contributed by atoms with Gasteiger partial charge in [0.25, 0.3) is 0 Å². The number of rotatable bonds is 4. The Morgan fingerprint density at radius 1 is 1.15 bits per heavy atom. The standard InChI is InChI=1S/C23H25ClF3N5O2/c1-13-10-32(14(2)15-4-6-16(7-5-15)23(25,26)27)17(12-33)11-31(13)21-20-18(8-9-19(24)28-20)30(3)22(34)29-21/h4-9,13-14,17,33H,10-12H2,1-3H3/t13-,14?,17-/m0/s1. The molecular weight excluding hydrogens is 471 g/mol. The fourth-order valence-electron chi connectivity index (χ4n) is 4.52. The van der Waals surface area contributed by atoms with Crippen LogP contribution in [0.15, 0.2) is 41.2 Å². The minimum atomic E-state index is -4.39. The minimum absolute atomic E-state index is 0.122. The van der Waals surface area contributed by atoms with Crippen molar-refractivity contribution in [3.63, 3.8) is 0 Å². The number of hydrogen-bond acceptors (Lipinski definition) is 6. The van der Waals surface area contributed by atoms with Crippen molar-refractivity contribution in [3.05, 3.63) is 63.2 Å². The van der Waals surface area contributed by atoms with E-state index in [1.165, 1.54) is 16.7 Å². The number of pyridine rings is 1. The zero-order chi connectivity index (χ0) is 24.8. The van der Waals surface area contributed by atoms with Crippen molar-refractivity contribution in [1.29, 1.82) is 0 Å². The van der Waals surface area contributed by atoms with Crippen molar-refractivity contribution >= 4 is 28.5 Å². The van der Waals surface area contributed by atoms with Crippen molar-refractivity contribution in [3.8, 4) is 0 Å². The van der Waals surface area contributed by atoms with E-state index in [0.29, 0.717) is 29.9 Å². The Balaban J connectivity index is 1.65. The number of aromatic nitrogens is 3. The molecule has 1 saturated heterocycles. The molecule has 1 aliphatic heterocycles. The molecule has 0 radical (unpaired) electrons. The van der Waals surface area contributed by atoms with Crippen LogP contribution in [-0.2, 0) is 13.2 Å². The number of aliphatic hydroxyl groups excluding tert-OH is 1. The number of aryl methyl sites for hydroxylation is 1. The van der Waals surface area contributed by atoms with Crippen LogP contribution in [0.5, 0.6) is 0 Å². The Bertz CT molecular complexity index is 1250. The summed E-state index contributed by atoms with van der Waals surface area (Å²) in [5.41, 5.74) is 0.669. The van der Waals surface area contributed by atoms with Crippen molar-refractivity contribution in [2.75, 3.05) is 24.6 Å². The van der Waals surface area contributed by atoms with E-state index in [4.69, 9.17) is 11.6 Å². The van der Waals surface area contributed by atoms with Crippen LogP contribution in [-0.4, -0.2) is 56.3 Å². The van der Waals surface area contributed by atoms with Gasteiger partial charge in [0.1, 0.15) is 10.7 Å². The van der Waals surface area contributed by atoms with Gasteiger partial charge in [-0.3, -0.25) is 9.47 Å². The molecular formula is C23H25ClF3N5O2. The smallest absolute Gasteiger partial charge is 0.395 e. The fraction of sp³-hybridized carbons (Fsp3) is 0.435. The zero-order valence-electron chi connectivity index (χ0n) is 18.9. The Morgan fingerprint density at radius 3 is 2.44 bits per heavy atom. The van der Waals surface area contributed by atoms with Crippen molar-refractivity contribution in [1.82, 2.24) is 19.4 Å². The predicted molar refractivity (Wildman–Crippen MR) is 124 cm³/mol. The predicted octanol–water partition coefficient (Wildman–Crippen LogP) is 3.63. The van der Waals surface area contributed by atoms with Gasteiger partial charge in [-0.05, 0) is 43.7 Å². The number of hydrogen-bond donors (Lipinski definition) is 1. The van der Waals surface area contributed by atoms with Gasteiger partial charge in [0.2, 0.25) is 0 Å². The first-order valence-electron chi connectivity index (χ1n) is 10.8. The van der Waals surface area contributed by atoms with Gasteiger partial charge in [0.05, 0.1) is 23.7 Å². The molecule has 0 bridgehead atoms. The average Bonchev–Trinajstić information content (AvgIpc) is 2.80. The molecule has 3 heterocycles. The highest BCUT2D eigenvalue weighted by Crippen LogP contribution is 2.34.